The van der Waals surface area contributed by atoms with Gasteiger partial charge in [-0.05, 0) is 43.4 Å². The van der Waals surface area contributed by atoms with Gasteiger partial charge in [0.05, 0.1) is 10.6 Å². The van der Waals surface area contributed by atoms with Crippen LogP contribution in [0.5, 0.6) is 0 Å². The summed E-state index contributed by atoms with van der Waals surface area (Å²) in [7, 11) is 0. The number of thiazole rings is 1. The molecule has 5 nitrogen and oxygen atoms in total. The third kappa shape index (κ3) is 3.26. The van der Waals surface area contributed by atoms with Gasteiger partial charge in [-0.1, -0.05) is 25.2 Å². The highest BCUT2D eigenvalue weighted by atomic mass is 32.1. The molecule has 1 aromatic rings. The number of anilines is 1. The maximum Gasteiger partial charge on any atom is 0.226 e. The lowest BCUT2D eigenvalue weighted by Crippen LogP contribution is -2.39. The number of Topliss-reactive ketones (excluding diaryl/α,β-unsaturated/α-hetero) is 1. The fourth-order valence-corrected chi connectivity index (χ4v) is 5.48. The van der Waals surface area contributed by atoms with Gasteiger partial charge in [0, 0.05) is 24.9 Å². The number of nitrogens with one attached hydrogen (secondary N) is 2. The summed E-state index contributed by atoms with van der Waals surface area (Å²) in [5.74, 6) is 0.673. The van der Waals surface area contributed by atoms with Crippen LogP contribution >= 0.6 is 11.3 Å². The van der Waals surface area contributed by atoms with Crippen LogP contribution in [0, 0.1) is 11.3 Å². The van der Waals surface area contributed by atoms with Crippen molar-refractivity contribution < 1.29 is 9.59 Å². The van der Waals surface area contributed by atoms with E-state index < -0.39 is 0 Å². The van der Waals surface area contributed by atoms with Crippen LogP contribution in [0.15, 0.2) is 0 Å². The number of nitrogens with zero attached hydrogens (tertiary/aromatic N) is 1. The number of carbonyl (C=O) groups is 2. The van der Waals surface area contributed by atoms with Gasteiger partial charge in [-0.2, -0.15) is 0 Å². The minimum absolute atomic E-state index is 0.0339. The Balaban J connectivity index is 1.39. The summed E-state index contributed by atoms with van der Waals surface area (Å²) in [4.78, 5) is 29.9. The van der Waals surface area contributed by atoms with E-state index in [9.17, 15) is 9.59 Å². The lowest BCUT2D eigenvalue weighted by molar-refractivity contribution is -0.117. The zero-order valence-corrected chi connectivity index (χ0v) is 15.2. The molecular formula is C18H25N3O2S. The smallest absolute Gasteiger partial charge is 0.226 e. The molecule has 1 amide bonds. The Hall–Kier alpha value is -1.27. The van der Waals surface area contributed by atoms with Crippen LogP contribution in [0.4, 0.5) is 5.13 Å². The van der Waals surface area contributed by atoms with Gasteiger partial charge in [0.15, 0.2) is 10.9 Å². The number of fused-ring (bicyclic) bond motifs is 3. The highest BCUT2D eigenvalue weighted by Crippen LogP contribution is 2.38. The monoisotopic (exact) mass is 347 g/mol. The molecule has 24 heavy (non-hydrogen) atoms. The van der Waals surface area contributed by atoms with Crippen LogP contribution in [-0.4, -0.2) is 28.8 Å². The maximum absolute atomic E-state index is 12.4. The van der Waals surface area contributed by atoms with Gasteiger partial charge < -0.3 is 10.6 Å². The fraction of sp³-hybridized carbons (Fsp3) is 0.722. The molecular weight excluding hydrogens is 322 g/mol. The second-order valence-corrected chi connectivity index (χ2v) is 9.46. The van der Waals surface area contributed by atoms with Crippen LogP contribution in [0.25, 0.3) is 0 Å². The molecule has 2 saturated heterocycles. The van der Waals surface area contributed by atoms with Crippen LogP contribution in [0.2, 0.25) is 0 Å². The van der Waals surface area contributed by atoms with Gasteiger partial charge in [-0.25, -0.2) is 4.98 Å². The first-order valence-corrected chi connectivity index (χ1v) is 9.78. The number of hydrogen-bond donors (Lipinski definition) is 2. The standard InChI is InChI=1S/C18H25N3O2S/c1-18(2)8-13-16(14(22)9-18)24-17(20-13)21-15(23)7-10-5-11-3-4-12(6-10)19-11/h10-12,19H,3-9H2,1-2H3,(H,20,21,23). The molecule has 2 atom stereocenters. The molecule has 130 valence electrons. The Morgan fingerprint density at radius 1 is 1.29 bits per heavy atom. The van der Waals surface area contributed by atoms with E-state index in [1.54, 1.807) is 0 Å². The number of amides is 1. The number of hydrogen-bond acceptors (Lipinski definition) is 5. The minimum Gasteiger partial charge on any atom is -0.311 e. The molecule has 2 aliphatic heterocycles. The number of carbonyl (C=O) groups excluding carboxylic acids is 2. The Morgan fingerprint density at radius 3 is 2.71 bits per heavy atom. The number of piperidine rings is 1. The van der Waals surface area contributed by atoms with E-state index in [-0.39, 0.29) is 17.1 Å². The lowest BCUT2D eigenvalue weighted by Gasteiger charge is -2.28. The van der Waals surface area contributed by atoms with Gasteiger partial charge in [0.1, 0.15) is 0 Å². The van der Waals surface area contributed by atoms with Crippen LogP contribution in [-0.2, 0) is 11.2 Å². The summed E-state index contributed by atoms with van der Waals surface area (Å²) in [6.45, 7) is 4.19. The Labute approximate surface area is 146 Å². The second kappa shape index (κ2) is 5.92. The van der Waals surface area contributed by atoms with E-state index in [4.69, 9.17) is 0 Å². The van der Waals surface area contributed by atoms with E-state index in [1.807, 2.05) is 0 Å². The fourth-order valence-electron chi connectivity index (χ4n) is 4.55. The lowest BCUT2D eigenvalue weighted by atomic mass is 9.78. The van der Waals surface area contributed by atoms with Gasteiger partial charge in [0.2, 0.25) is 5.91 Å². The molecule has 2 fully saturated rings. The largest absolute Gasteiger partial charge is 0.311 e. The van der Waals surface area contributed by atoms with Crippen molar-refractivity contribution in [3.63, 3.8) is 0 Å². The number of ketones is 1. The highest BCUT2D eigenvalue weighted by molar-refractivity contribution is 7.17. The highest BCUT2D eigenvalue weighted by Gasteiger charge is 2.35. The normalized spacial score (nSPS) is 30.9. The predicted molar refractivity (Wildman–Crippen MR) is 94.5 cm³/mol. The van der Waals surface area contributed by atoms with Gasteiger partial charge in [0.25, 0.3) is 0 Å². The molecule has 0 spiro atoms. The first-order valence-electron chi connectivity index (χ1n) is 8.97. The first kappa shape index (κ1) is 16.2. The van der Waals surface area contributed by atoms with Gasteiger partial charge >= 0.3 is 0 Å². The molecule has 6 heteroatoms. The third-order valence-corrected chi connectivity index (χ3v) is 6.58. The summed E-state index contributed by atoms with van der Waals surface area (Å²) in [6.07, 6.45) is 6.64. The van der Waals surface area contributed by atoms with E-state index in [1.165, 1.54) is 24.2 Å². The van der Waals surface area contributed by atoms with Gasteiger partial charge in [-0.3, -0.25) is 9.59 Å². The molecule has 2 bridgehead atoms. The molecule has 1 aromatic heterocycles. The zero-order valence-electron chi connectivity index (χ0n) is 14.4. The average Bonchev–Trinajstić information content (AvgIpc) is 3.00. The Bertz CT molecular complexity index is 670. The quantitative estimate of drug-likeness (QED) is 0.881. The van der Waals surface area contributed by atoms with Gasteiger partial charge in [-0.15, -0.1) is 0 Å². The molecule has 2 unspecified atom stereocenters. The van der Waals surface area contributed by atoms with Crippen LogP contribution in [0.1, 0.15) is 67.7 Å². The molecule has 0 aromatic carbocycles. The number of rotatable bonds is 3. The minimum atomic E-state index is -0.0339. The van der Waals surface area contributed by atoms with E-state index in [0.717, 1.165) is 29.8 Å². The predicted octanol–water partition coefficient (Wildman–Crippen LogP) is 3.16. The average molecular weight is 347 g/mol. The molecule has 0 radical (unpaired) electrons. The Kier molecular flexibility index (Phi) is 4.00. The summed E-state index contributed by atoms with van der Waals surface area (Å²) >= 11 is 1.34. The summed E-state index contributed by atoms with van der Waals surface area (Å²) in [5, 5.41) is 7.14. The molecule has 2 N–H and O–H groups in total. The third-order valence-electron chi connectivity index (χ3n) is 5.53. The SMILES string of the molecule is CC1(C)CC(=O)c2sc(NC(=O)CC3CC4CCC(C3)N4)nc2C1. The topological polar surface area (TPSA) is 71.1 Å². The first-order chi connectivity index (χ1) is 11.4. The van der Waals surface area contributed by atoms with Crippen molar-refractivity contribution in [2.45, 2.75) is 70.9 Å². The van der Waals surface area contributed by atoms with Crippen LogP contribution in [0.3, 0.4) is 0 Å². The van der Waals surface area contributed by atoms with Crippen molar-refractivity contribution in [3.8, 4) is 0 Å². The summed E-state index contributed by atoms with van der Waals surface area (Å²) < 4.78 is 0. The summed E-state index contributed by atoms with van der Waals surface area (Å²) in [5.41, 5.74) is 0.824. The number of aromatic nitrogens is 1. The van der Waals surface area contributed by atoms with Crippen molar-refractivity contribution in [2.24, 2.45) is 11.3 Å². The van der Waals surface area contributed by atoms with E-state index in [0.29, 0.717) is 36.0 Å². The molecule has 0 saturated carbocycles. The maximum atomic E-state index is 12.4. The van der Waals surface area contributed by atoms with Crippen molar-refractivity contribution in [3.05, 3.63) is 10.6 Å². The van der Waals surface area contributed by atoms with Crippen molar-refractivity contribution >= 4 is 28.2 Å². The summed E-state index contributed by atoms with van der Waals surface area (Å²) in [6, 6.07) is 1.21. The Morgan fingerprint density at radius 2 is 2.00 bits per heavy atom. The van der Waals surface area contributed by atoms with Crippen molar-refractivity contribution in [2.75, 3.05) is 5.32 Å². The van der Waals surface area contributed by atoms with E-state index >= 15 is 0 Å². The molecule has 1 aliphatic carbocycles. The van der Waals surface area contributed by atoms with Crippen molar-refractivity contribution in [1.29, 1.82) is 0 Å². The van der Waals surface area contributed by atoms with Crippen molar-refractivity contribution in [1.82, 2.24) is 10.3 Å². The molecule has 3 aliphatic rings. The van der Waals surface area contributed by atoms with Crippen LogP contribution < -0.4 is 10.6 Å². The molecule has 3 heterocycles. The van der Waals surface area contributed by atoms with E-state index in [2.05, 4.69) is 29.5 Å². The zero-order chi connectivity index (χ0) is 16.9. The molecule has 4 rings (SSSR count). The second-order valence-electron chi connectivity index (χ2n) is 8.46.